The van der Waals surface area contributed by atoms with Crippen LogP contribution in [0.5, 0.6) is 0 Å². The van der Waals surface area contributed by atoms with Crippen LogP contribution in [0.3, 0.4) is 0 Å². The van der Waals surface area contributed by atoms with E-state index in [0.29, 0.717) is 26.1 Å². The highest BCUT2D eigenvalue weighted by molar-refractivity contribution is 7.10. The van der Waals surface area contributed by atoms with E-state index in [1.807, 2.05) is 5.38 Å². The summed E-state index contributed by atoms with van der Waals surface area (Å²) in [4.78, 5) is 28.4. The van der Waals surface area contributed by atoms with Crippen LogP contribution < -0.4 is 0 Å². The van der Waals surface area contributed by atoms with Crippen molar-refractivity contribution in [3.05, 3.63) is 21.9 Å². The zero-order valence-electron chi connectivity index (χ0n) is 11.6. The van der Waals surface area contributed by atoms with Crippen LogP contribution in [-0.2, 0) is 11.2 Å². The normalized spacial score (nSPS) is 25.0. The number of nitrogens with zero attached hydrogens (tertiary/aromatic N) is 2. The van der Waals surface area contributed by atoms with Crippen LogP contribution in [0.1, 0.15) is 22.9 Å². The summed E-state index contributed by atoms with van der Waals surface area (Å²) in [6.07, 6.45) is 1.48. The van der Waals surface area contributed by atoms with Crippen LogP contribution in [0.2, 0.25) is 0 Å². The van der Waals surface area contributed by atoms with Crippen molar-refractivity contribution in [2.45, 2.75) is 18.9 Å². The van der Waals surface area contributed by atoms with Gasteiger partial charge in [0.25, 0.3) is 0 Å². The topological polar surface area (TPSA) is 81.1 Å². The van der Waals surface area contributed by atoms with Gasteiger partial charge < -0.3 is 20.0 Å². The molecule has 0 saturated carbocycles. The minimum atomic E-state index is -0.986. The minimum Gasteiger partial charge on any atom is -0.479 e. The lowest BCUT2D eigenvalue weighted by molar-refractivity contribution is -0.143. The second-order valence-corrected chi connectivity index (χ2v) is 6.55. The highest BCUT2D eigenvalue weighted by Crippen LogP contribution is 2.34. The van der Waals surface area contributed by atoms with Crippen molar-refractivity contribution in [3.63, 3.8) is 0 Å². The summed E-state index contributed by atoms with van der Waals surface area (Å²) in [5.41, 5.74) is 0.741. The molecule has 21 heavy (non-hydrogen) atoms. The van der Waals surface area contributed by atoms with Crippen molar-refractivity contribution >= 4 is 23.3 Å². The van der Waals surface area contributed by atoms with Gasteiger partial charge in [-0.3, -0.25) is 0 Å². The Balaban J connectivity index is 1.81. The fourth-order valence-electron chi connectivity index (χ4n) is 3.13. The summed E-state index contributed by atoms with van der Waals surface area (Å²) < 4.78 is 0. The van der Waals surface area contributed by atoms with E-state index in [9.17, 15) is 19.8 Å². The molecule has 0 spiro atoms. The van der Waals surface area contributed by atoms with E-state index in [2.05, 4.69) is 0 Å². The first kappa shape index (κ1) is 14.3. The number of carbonyl (C=O) groups excluding carboxylic acids is 1. The monoisotopic (exact) mass is 310 g/mol. The largest absolute Gasteiger partial charge is 0.479 e. The van der Waals surface area contributed by atoms with E-state index in [-0.39, 0.29) is 18.6 Å². The molecule has 2 aliphatic rings. The fourth-order valence-corrected chi connectivity index (χ4v) is 4.03. The number of hydrogen-bond acceptors (Lipinski definition) is 4. The maximum Gasteiger partial charge on any atom is 0.331 e. The highest BCUT2D eigenvalue weighted by Gasteiger charge is 2.39. The van der Waals surface area contributed by atoms with Gasteiger partial charge in [-0.25, -0.2) is 9.59 Å². The van der Waals surface area contributed by atoms with Crippen molar-refractivity contribution in [1.29, 1.82) is 0 Å². The van der Waals surface area contributed by atoms with Gasteiger partial charge in [0.1, 0.15) is 0 Å². The Bertz CT molecular complexity index is 559. The number of likely N-dealkylation sites (tertiary alicyclic amines) is 1. The molecule has 1 aromatic heterocycles. The van der Waals surface area contributed by atoms with Gasteiger partial charge in [0.2, 0.25) is 0 Å². The lowest BCUT2D eigenvalue weighted by atomic mass is 10.0. The quantitative estimate of drug-likeness (QED) is 0.859. The van der Waals surface area contributed by atoms with E-state index in [0.717, 1.165) is 16.9 Å². The number of hydrogen-bond donors (Lipinski definition) is 2. The summed E-state index contributed by atoms with van der Waals surface area (Å²) in [7, 11) is 0. The van der Waals surface area contributed by atoms with Crippen LogP contribution in [0.25, 0.3) is 0 Å². The molecule has 2 amide bonds. The lowest BCUT2D eigenvalue weighted by Crippen LogP contribution is -2.49. The Morgan fingerprint density at radius 1 is 1.38 bits per heavy atom. The summed E-state index contributed by atoms with van der Waals surface area (Å²) >= 11 is 1.55. The molecule has 3 rings (SSSR count). The summed E-state index contributed by atoms with van der Waals surface area (Å²) in [6, 6.07) is 0.689. The first-order valence-electron chi connectivity index (χ1n) is 7.07. The van der Waals surface area contributed by atoms with Gasteiger partial charge in [-0.05, 0) is 29.9 Å². The Morgan fingerprint density at radius 3 is 2.86 bits per heavy atom. The molecule has 2 atom stereocenters. The number of carboxylic acid groups (broad SMARTS) is 1. The molecule has 1 fully saturated rings. The molecule has 6 nitrogen and oxygen atoms in total. The van der Waals surface area contributed by atoms with Gasteiger partial charge in [0, 0.05) is 37.0 Å². The van der Waals surface area contributed by atoms with Crippen molar-refractivity contribution in [2.24, 2.45) is 5.92 Å². The maximum absolute atomic E-state index is 12.6. The Labute approximate surface area is 126 Å². The van der Waals surface area contributed by atoms with Crippen LogP contribution in [0.4, 0.5) is 4.79 Å². The second-order valence-electron chi connectivity index (χ2n) is 5.55. The Hall–Kier alpha value is -1.60. The first-order valence-corrected chi connectivity index (χ1v) is 7.95. The molecule has 1 aromatic rings. The molecule has 3 heterocycles. The van der Waals surface area contributed by atoms with Crippen molar-refractivity contribution in [2.75, 3.05) is 26.2 Å². The zero-order chi connectivity index (χ0) is 15.0. The predicted molar refractivity (Wildman–Crippen MR) is 77.3 cm³/mol. The number of carboxylic acids is 1. The molecule has 2 N–H and O–H groups in total. The number of aliphatic hydroxyl groups excluding tert-OH is 1. The van der Waals surface area contributed by atoms with E-state index >= 15 is 0 Å². The van der Waals surface area contributed by atoms with Gasteiger partial charge in [0.15, 0.2) is 6.04 Å². The third-order valence-corrected chi connectivity index (χ3v) is 5.26. The molecule has 7 heteroatoms. The number of aliphatic hydroxyl groups is 1. The number of urea groups is 1. The predicted octanol–water partition coefficient (Wildman–Crippen LogP) is 1.17. The number of amides is 2. The van der Waals surface area contributed by atoms with Crippen LogP contribution in [-0.4, -0.2) is 58.3 Å². The second kappa shape index (κ2) is 5.65. The summed E-state index contributed by atoms with van der Waals surface area (Å²) in [5, 5.41) is 20.6. The van der Waals surface area contributed by atoms with Crippen LogP contribution in [0, 0.1) is 5.92 Å². The molecule has 2 unspecified atom stereocenters. The average molecular weight is 310 g/mol. The minimum absolute atomic E-state index is 0.0703. The average Bonchev–Trinajstić information content (AvgIpc) is 3.13. The van der Waals surface area contributed by atoms with E-state index in [1.54, 1.807) is 22.3 Å². The number of thiophene rings is 1. The maximum atomic E-state index is 12.6. The molecule has 1 saturated heterocycles. The van der Waals surface area contributed by atoms with Crippen LogP contribution in [0.15, 0.2) is 11.4 Å². The smallest absolute Gasteiger partial charge is 0.331 e. The third-order valence-electron chi connectivity index (χ3n) is 4.26. The fraction of sp³-hybridized carbons (Fsp3) is 0.571. The number of carbonyl (C=O) groups is 2. The SMILES string of the molecule is O=C(O)C1c2ccsc2CCN1C(=O)N1CCC(CO)C1. The van der Waals surface area contributed by atoms with Gasteiger partial charge >= 0.3 is 12.0 Å². The van der Waals surface area contributed by atoms with Gasteiger partial charge in [-0.15, -0.1) is 11.3 Å². The van der Waals surface area contributed by atoms with Crippen molar-refractivity contribution in [1.82, 2.24) is 9.80 Å². The summed E-state index contributed by atoms with van der Waals surface area (Å²) in [5.74, 6) is -0.876. The standard InChI is InChI=1S/C14H18N2O4S/c17-8-9-1-4-15(7-9)14(20)16-5-2-11-10(3-6-21-11)12(16)13(18)19/h3,6,9,12,17H,1-2,4-5,7-8H2,(H,18,19). The zero-order valence-corrected chi connectivity index (χ0v) is 12.4. The van der Waals surface area contributed by atoms with Crippen LogP contribution >= 0.6 is 11.3 Å². The summed E-state index contributed by atoms with van der Waals surface area (Å²) in [6.45, 7) is 1.60. The molecular weight excluding hydrogens is 292 g/mol. The molecule has 0 aliphatic carbocycles. The number of rotatable bonds is 2. The van der Waals surface area contributed by atoms with Crippen molar-refractivity contribution < 1.29 is 19.8 Å². The van der Waals surface area contributed by atoms with Gasteiger partial charge in [-0.2, -0.15) is 0 Å². The lowest BCUT2D eigenvalue weighted by Gasteiger charge is -2.35. The Morgan fingerprint density at radius 2 is 2.19 bits per heavy atom. The van der Waals surface area contributed by atoms with E-state index in [4.69, 9.17) is 0 Å². The number of aliphatic carboxylic acids is 1. The van der Waals surface area contributed by atoms with Gasteiger partial charge in [-0.1, -0.05) is 0 Å². The third kappa shape index (κ3) is 2.51. The molecular formula is C14H18N2O4S. The molecule has 2 aliphatic heterocycles. The number of fused-ring (bicyclic) bond motifs is 1. The Kier molecular flexibility index (Phi) is 3.86. The molecule has 0 radical (unpaired) electrons. The first-order chi connectivity index (χ1) is 10.1. The van der Waals surface area contributed by atoms with Gasteiger partial charge in [0.05, 0.1) is 0 Å². The molecule has 0 bridgehead atoms. The van der Waals surface area contributed by atoms with E-state index in [1.165, 1.54) is 4.90 Å². The highest BCUT2D eigenvalue weighted by atomic mass is 32.1. The molecule has 114 valence electrons. The van der Waals surface area contributed by atoms with E-state index < -0.39 is 12.0 Å². The van der Waals surface area contributed by atoms with Crippen molar-refractivity contribution in [3.8, 4) is 0 Å². The molecule has 0 aromatic carbocycles.